The summed E-state index contributed by atoms with van der Waals surface area (Å²) in [6.45, 7) is 8.83. The van der Waals surface area contributed by atoms with E-state index < -0.39 is 0 Å². The summed E-state index contributed by atoms with van der Waals surface area (Å²) in [5, 5.41) is 3.34. The Balaban J connectivity index is 3.21. The van der Waals surface area contributed by atoms with Crippen LogP contribution < -0.4 is 5.32 Å². The molecular weight excluding hydrogens is 134 g/mol. The SMILES string of the molecule is CC/C=C\CC(C)CNCC. The van der Waals surface area contributed by atoms with Gasteiger partial charge in [-0.2, -0.15) is 0 Å². The summed E-state index contributed by atoms with van der Waals surface area (Å²) in [4.78, 5) is 0. The van der Waals surface area contributed by atoms with Gasteiger partial charge in [0.1, 0.15) is 0 Å². The molecule has 0 amide bonds. The first kappa shape index (κ1) is 10.7. The van der Waals surface area contributed by atoms with Crippen LogP contribution in [-0.2, 0) is 0 Å². The van der Waals surface area contributed by atoms with Gasteiger partial charge < -0.3 is 5.32 Å². The minimum absolute atomic E-state index is 0.776. The van der Waals surface area contributed by atoms with Crippen LogP contribution in [0.3, 0.4) is 0 Å². The Kier molecular flexibility index (Phi) is 7.59. The highest BCUT2D eigenvalue weighted by Gasteiger charge is 1.95. The van der Waals surface area contributed by atoms with Crippen molar-refractivity contribution in [2.75, 3.05) is 13.1 Å². The molecule has 0 spiro atoms. The smallest absolute Gasteiger partial charge is 0.00203 e. The maximum atomic E-state index is 3.34. The molecule has 0 aliphatic rings. The predicted octanol–water partition coefficient (Wildman–Crippen LogP) is 2.59. The van der Waals surface area contributed by atoms with Crippen molar-refractivity contribution in [3.63, 3.8) is 0 Å². The van der Waals surface area contributed by atoms with E-state index in [1.165, 1.54) is 6.42 Å². The van der Waals surface area contributed by atoms with Gasteiger partial charge in [-0.1, -0.05) is 32.9 Å². The molecule has 0 aromatic carbocycles. The third-order valence-corrected chi connectivity index (χ3v) is 1.68. The lowest BCUT2D eigenvalue weighted by molar-refractivity contribution is 0.529. The molecule has 1 atom stereocenters. The monoisotopic (exact) mass is 155 g/mol. The van der Waals surface area contributed by atoms with Crippen molar-refractivity contribution in [2.45, 2.75) is 33.6 Å². The molecule has 0 aliphatic carbocycles. The lowest BCUT2D eigenvalue weighted by atomic mass is 10.1. The normalized spacial score (nSPS) is 14.1. The molecule has 0 heterocycles. The van der Waals surface area contributed by atoms with Gasteiger partial charge in [0.25, 0.3) is 0 Å². The largest absolute Gasteiger partial charge is 0.317 e. The van der Waals surface area contributed by atoms with E-state index >= 15 is 0 Å². The highest BCUT2D eigenvalue weighted by Crippen LogP contribution is 2.00. The molecule has 1 unspecified atom stereocenters. The molecule has 0 saturated heterocycles. The van der Waals surface area contributed by atoms with Crippen LogP contribution >= 0.6 is 0 Å². The Morgan fingerprint density at radius 1 is 1.27 bits per heavy atom. The highest BCUT2D eigenvalue weighted by molar-refractivity contribution is 4.82. The summed E-state index contributed by atoms with van der Waals surface area (Å²) < 4.78 is 0. The van der Waals surface area contributed by atoms with Crippen molar-refractivity contribution in [2.24, 2.45) is 5.92 Å². The lowest BCUT2D eigenvalue weighted by Crippen LogP contribution is -2.20. The molecule has 0 aromatic heterocycles. The molecule has 1 N–H and O–H groups in total. The van der Waals surface area contributed by atoms with Crippen molar-refractivity contribution in [1.82, 2.24) is 5.32 Å². The van der Waals surface area contributed by atoms with Crippen molar-refractivity contribution < 1.29 is 0 Å². The number of allylic oxidation sites excluding steroid dienone is 2. The minimum atomic E-state index is 0.776. The molecular formula is C10H21N. The van der Waals surface area contributed by atoms with E-state index in [4.69, 9.17) is 0 Å². The van der Waals surface area contributed by atoms with Gasteiger partial charge in [0, 0.05) is 0 Å². The highest BCUT2D eigenvalue weighted by atomic mass is 14.8. The quantitative estimate of drug-likeness (QED) is 0.581. The van der Waals surface area contributed by atoms with E-state index in [0.29, 0.717) is 0 Å². The van der Waals surface area contributed by atoms with Crippen LogP contribution in [0.2, 0.25) is 0 Å². The van der Waals surface area contributed by atoms with Gasteiger partial charge in [-0.25, -0.2) is 0 Å². The van der Waals surface area contributed by atoms with E-state index in [1.807, 2.05) is 0 Å². The molecule has 0 saturated carbocycles. The van der Waals surface area contributed by atoms with Gasteiger partial charge in [-0.15, -0.1) is 0 Å². The fraction of sp³-hybridized carbons (Fsp3) is 0.800. The third kappa shape index (κ3) is 7.60. The lowest BCUT2D eigenvalue weighted by Gasteiger charge is -2.07. The number of hydrogen-bond donors (Lipinski definition) is 1. The van der Waals surface area contributed by atoms with Crippen LogP contribution in [0, 0.1) is 5.92 Å². The second kappa shape index (κ2) is 7.80. The summed E-state index contributed by atoms with van der Waals surface area (Å²) in [7, 11) is 0. The van der Waals surface area contributed by atoms with Crippen LogP contribution in [0.4, 0.5) is 0 Å². The van der Waals surface area contributed by atoms with Gasteiger partial charge in [-0.3, -0.25) is 0 Å². The van der Waals surface area contributed by atoms with Crippen LogP contribution in [0.1, 0.15) is 33.6 Å². The first-order valence-electron chi connectivity index (χ1n) is 4.66. The number of rotatable bonds is 6. The molecule has 66 valence electrons. The average molecular weight is 155 g/mol. The molecule has 0 fully saturated rings. The fourth-order valence-corrected chi connectivity index (χ4v) is 0.969. The van der Waals surface area contributed by atoms with E-state index in [-0.39, 0.29) is 0 Å². The molecule has 0 radical (unpaired) electrons. The average Bonchev–Trinajstić information content (AvgIpc) is 2.01. The zero-order valence-electron chi connectivity index (χ0n) is 8.06. The summed E-state index contributed by atoms with van der Waals surface area (Å²) in [6, 6.07) is 0. The van der Waals surface area contributed by atoms with Crippen LogP contribution in [0.15, 0.2) is 12.2 Å². The van der Waals surface area contributed by atoms with E-state index in [9.17, 15) is 0 Å². The van der Waals surface area contributed by atoms with Gasteiger partial charge in [0.15, 0.2) is 0 Å². The van der Waals surface area contributed by atoms with E-state index in [1.54, 1.807) is 0 Å². The Bertz CT molecular complexity index is 97.0. The summed E-state index contributed by atoms with van der Waals surface area (Å²) in [5.41, 5.74) is 0. The Morgan fingerprint density at radius 3 is 2.55 bits per heavy atom. The summed E-state index contributed by atoms with van der Waals surface area (Å²) in [5.74, 6) is 0.776. The molecule has 0 aromatic rings. The second-order valence-electron chi connectivity index (χ2n) is 3.03. The minimum Gasteiger partial charge on any atom is -0.317 e. The summed E-state index contributed by atoms with van der Waals surface area (Å²) >= 11 is 0. The molecule has 11 heavy (non-hydrogen) atoms. The van der Waals surface area contributed by atoms with Gasteiger partial charge in [0.05, 0.1) is 0 Å². The van der Waals surface area contributed by atoms with E-state index in [0.717, 1.165) is 25.4 Å². The van der Waals surface area contributed by atoms with E-state index in [2.05, 4.69) is 38.2 Å². The number of nitrogens with one attached hydrogen (secondary N) is 1. The van der Waals surface area contributed by atoms with Gasteiger partial charge in [0.2, 0.25) is 0 Å². The zero-order chi connectivity index (χ0) is 8.53. The van der Waals surface area contributed by atoms with Crippen LogP contribution in [0.5, 0.6) is 0 Å². The Labute approximate surface area is 70.9 Å². The maximum Gasteiger partial charge on any atom is -0.00203 e. The van der Waals surface area contributed by atoms with Gasteiger partial charge in [-0.05, 0) is 31.8 Å². The summed E-state index contributed by atoms with van der Waals surface area (Å²) in [6.07, 6.45) is 6.89. The Morgan fingerprint density at radius 2 is 2.00 bits per heavy atom. The third-order valence-electron chi connectivity index (χ3n) is 1.68. The first-order chi connectivity index (χ1) is 5.31. The second-order valence-corrected chi connectivity index (χ2v) is 3.03. The van der Waals surface area contributed by atoms with Crippen molar-refractivity contribution in [3.05, 3.63) is 12.2 Å². The molecule has 0 rings (SSSR count). The van der Waals surface area contributed by atoms with Gasteiger partial charge >= 0.3 is 0 Å². The first-order valence-corrected chi connectivity index (χ1v) is 4.66. The van der Waals surface area contributed by atoms with Crippen LogP contribution in [-0.4, -0.2) is 13.1 Å². The molecule has 0 aliphatic heterocycles. The molecule has 0 bridgehead atoms. The van der Waals surface area contributed by atoms with Crippen molar-refractivity contribution >= 4 is 0 Å². The topological polar surface area (TPSA) is 12.0 Å². The molecule has 1 nitrogen and oxygen atoms in total. The van der Waals surface area contributed by atoms with Crippen molar-refractivity contribution in [3.8, 4) is 0 Å². The molecule has 1 heteroatoms. The standard InChI is InChI=1S/C10H21N/c1-4-6-7-8-10(3)9-11-5-2/h6-7,10-11H,4-5,8-9H2,1-3H3/b7-6-. The predicted molar refractivity (Wildman–Crippen MR) is 51.8 cm³/mol. The van der Waals surface area contributed by atoms with Crippen molar-refractivity contribution in [1.29, 1.82) is 0 Å². The zero-order valence-corrected chi connectivity index (χ0v) is 8.06. The maximum absolute atomic E-state index is 3.34. The number of hydrogen-bond acceptors (Lipinski definition) is 1. The fourth-order valence-electron chi connectivity index (χ4n) is 0.969. The van der Waals surface area contributed by atoms with Crippen LogP contribution in [0.25, 0.3) is 0 Å². The Hall–Kier alpha value is -0.300.